The topological polar surface area (TPSA) is 52.6 Å². The third kappa shape index (κ3) is 8.31. The summed E-state index contributed by atoms with van der Waals surface area (Å²) >= 11 is 17.8. The van der Waals surface area contributed by atoms with Crippen molar-refractivity contribution < 1.29 is 19.1 Å². The molecule has 1 aromatic carbocycles. The van der Waals surface area contributed by atoms with E-state index in [1.807, 2.05) is 0 Å². The van der Waals surface area contributed by atoms with Crippen molar-refractivity contribution in [1.29, 1.82) is 0 Å². The molecule has 0 bridgehead atoms. The molecule has 1 rings (SSSR count). The van der Waals surface area contributed by atoms with Crippen LogP contribution >= 0.6 is 87.2 Å². The van der Waals surface area contributed by atoms with Gasteiger partial charge in [-0.05, 0) is 63.8 Å². The van der Waals surface area contributed by atoms with E-state index in [2.05, 4.69) is 83.8 Å². The molecule has 0 aliphatic rings. The van der Waals surface area contributed by atoms with E-state index in [9.17, 15) is 9.59 Å². The van der Waals surface area contributed by atoms with Gasteiger partial charge in [-0.1, -0.05) is 45.0 Å². The molecule has 0 fully saturated rings. The molecule has 4 nitrogen and oxygen atoms in total. The summed E-state index contributed by atoms with van der Waals surface area (Å²) in [6, 6.07) is 0. The van der Waals surface area contributed by atoms with Crippen LogP contribution in [0, 0.1) is 6.92 Å². The number of carbonyl (C=O) groups is 2. The Morgan fingerprint density at radius 1 is 0.900 bits per heavy atom. The SMILES string of the molecule is C=C(C)C(=O)OCCSc1c(C)c(C(Br)Br)c(Br)c(Br)c1SCCOC(=O)C(=C)C. The number of benzene rings is 1. The maximum atomic E-state index is 11.6. The first-order valence-corrected chi connectivity index (χ1v) is 14.1. The first kappa shape index (κ1) is 28.3. The highest BCUT2D eigenvalue weighted by molar-refractivity contribution is 9.24. The van der Waals surface area contributed by atoms with Crippen LogP contribution in [-0.2, 0) is 19.1 Å². The minimum Gasteiger partial charge on any atom is -0.461 e. The van der Waals surface area contributed by atoms with Gasteiger partial charge in [0.25, 0.3) is 0 Å². The number of carbonyl (C=O) groups excluding carboxylic acids is 2. The van der Waals surface area contributed by atoms with E-state index < -0.39 is 5.97 Å². The Morgan fingerprint density at radius 3 is 1.73 bits per heavy atom. The second-order valence-corrected chi connectivity index (χ2v) is 13.0. The molecule has 30 heavy (non-hydrogen) atoms. The molecule has 0 saturated heterocycles. The van der Waals surface area contributed by atoms with Crippen molar-refractivity contribution in [3.8, 4) is 0 Å². The summed E-state index contributed by atoms with van der Waals surface area (Å²) in [7, 11) is 0. The molecule has 0 amide bonds. The zero-order chi connectivity index (χ0) is 23.0. The summed E-state index contributed by atoms with van der Waals surface area (Å²) in [4.78, 5) is 25.3. The lowest BCUT2D eigenvalue weighted by atomic mass is 10.1. The van der Waals surface area contributed by atoms with Crippen LogP contribution in [0.15, 0.2) is 43.0 Å². The molecule has 0 atom stereocenters. The van der Waals surface area contributed by atoms with Gasteiger partial charge in [-0.15, -0.1) is 23.5 Å². The van der Waals surface area contributed by atoms with Gasteiger partial charge in [0, 0.05) is 41.4 Å². The Bertz CT molecular complexity index is 841. The molecular weight excluding hydrogens is 688 g/mol. The van der Waals surface area contributed by atoms with Crippen molar-refractivity contribution in [3.63, 3.8) is 0 Å². The molecule has 166 valence electrons. The zero-order valence-electron chi connectivity index (χ0n) is 16.8. The minimum absolute atomic E-state index is 0.0353. The third-order valence-electron chi connectivity index (χ3n) is 3.62. The highest BCUT2D eigenvalue weighted by Gasteiger charge is 2.23. The van der Waals surface area contributed by atoms with Crippen LogP contribution in [0.1, 0.15) is 28.7 Å². The highest BCUT2D eigenvalue weighted by atomic mass is 79.9. The molecular formula is C20H22Br4O4S2. The summed E-state index contributed by atoms with van der Waals surface area (Å²) in [5.41, 5.74) is 2.93. The normalized spacial score (nSPS) is 10.8. The van der Waals surface area contributed by atoms with E-state index in [0.29, 0.717) is 22.7 Å². The van der Waals surface area contributed by atoms with Crippen LogP contribution in [0.5, 0.6) is 0 Å². The number of alkyl halides is 2. The number of thioether (sulfide) groups is 2. The van der Waals surface area contributed by atoms with Gasteiger partial charge in [0.05, 0.1) is 3.74 Å². The Balaban J connectivity index is 3.03. The molecule has 0 unspecified atom stereocenters. The Kier molecular flexibility index (Phi) is 12.9. The summed E-state index contributed by atoms with van der Waals surface area (Å²) < 4.78 is 12.2. The predicted octanol–water partition coefficient (Wildman–Crippen LogP) is 7.73. The highest BCUT2D eigenvalue weighted by Crippen LogP contribution is 2.49. The van der Waals surface area contributed by atoms with Gasteiger partial charge in [0.1, 0.15) is 13.2 Å². The van der Waals surface area contributed by atoms with Crippen molar-refractivity contribution in [2.24, 2.45) is 0 Å². The smallest absolute Gasteiger partial charge is 0.333 e. The van der Waals surface area contributed by atoms with Crippen LogP contribution < -0.4 is 0 Å². The molecule has 0 aliphatic carbocycles. The second-order valence-electron chi connectivity index (χ2n) is 6.16. The van der Waals surface area contributed by atoms with Gasteiger partial charge < -0.3 is 9.47 Å². The molecule has 10 heteroatoms. The van der Waals surface area contributed by atoms with Crippen LogP contribution in [-0.4, -0.2) is 36.7 Å². The molecule has 0 spiro atoms. The summed E-state index contributed by atoms with van der Waals surface area (Å²) in [5, 5.41) is 0. The Labute approximate surface area is 219 Å². The fourth-order valence-electron chi connectivity index (χ4n) is 2.14. The van der Waals surface area contributed by atoms with Gasteiger partial charge in [-0.25, -0.2) is 9.59 Å². The zero-order valence-corrected chi connectivity index (χ0v) is 24.8. The monoisotopic (exact) mass is 706 g/mol. The fourth-order valence-corrected chi connectivity index (χ4v) is 7.81. The maximum Gasteiger partial charge on any atom is 0.333 e. The number of halogens is 4. The van der Waals surface area contributed by atoms with E-state index in [-0.39, 0.29) is 22.9 Å². The number of hydrogen-bond acceptors (Lipinski definition) is 6. The lowest BCUT2D eigenvalue weighted by Crippen LogP contribution is -2.09. The van der Waals surface area contributed by atoms with E-state index in [0.717, 1.165) is 29.9 Å². The van der Waals surface area contributed by atoms with Gasteiger partial charge in [0.15, 0.2) is 0 Å². The predicted molar refractivity (Wildman–Crippen MR) is 140 cm³/mol. The van der Waals surface area contributed by atoms with Crippen molar-refractivity contribution in [2.75, 3.05) is 24.7 Å². The average Bonchev–Trinajstić information content (AvgIpc) is 2.66. The van der Waals surface area contributed by atoms with Crippen LogP contribution in [0.3, 0.4) is 0 Å². The first-order chi connectivity index (χ1) is 14.0. The van der Waals surface area contributed by atoms with E-state index in [1.165, 1.54) is 0 Å². The van der Waals surface area contributed by atoms with Crippen LogP contribution in [0.2, 0.25) is 0 Å². The van der Waals surface area contributed by atoms with Crippen molar-refractivity contribution in [2.45, 2.75) is 34.3 Å². The van der Waals surface area contributed by atoms with E-state index in [4.69, 9.17) is 9.47 Å². The minimum atomic E-state index is -0.391. The largest absolute Gasteiger partial charge is 0.461 e. The summed E-state index contributed by atoms with van der Waals surface area (Å²) in [6.07, 6.45) is 0. The molecule has 0 saturated carbocycles. The first-order valence-electron chi connectivity index (χ1n) is 8.69. The molecule has 0 radical (unpaired) electrons. The van der Waals surface area contributed by atoms with Gasteiger partial charge in [-0.2, -0.15) is 0 Å². The lowest BCUT2D eigenvalue weighted by Gasteiger charge is -2.21. The second kappa shape index (κ2) is 13.7. The van der Waals surface area contributed by atoms with Crippen molar-refractivity contribution in [3.05, 3.63) is 44.4 Å². The van der Waals surface area contributed by atoms with Gasteiger partial charge in [0.2, 0.25) is 0 Å². The van der Waals surface area contributed by atoms with E-state index >= 15 is 0 Å². The Morgan fingerprint density at radius 2 is 1.33 bits per heavy atom. The van der Waals surface area contributed by atoms with E-state index in [1.54, 1.807) is 37.4 Å². The van der Waals surface area contributed by atoms with Crippen LogP contribution in [0.4, 0.5) is 0 Å². The standard InChI is InChI=1S/C20H22Br4O4S2/c1-10(2)19(25)27-6-8-29-16-12(5)13(18(23)24)14(21)15(22)17(16)30-9-7-28-20(26)11(3)4/h18H,1,3,6-9H2,2,4-5H3. The molecule has 0 aliphatic heterocycles. The van der Waals surface area contributed by atoms with Crippen molar-refractivity contribution >= 4 is 99.2 Å². The fraction of sp³-hybridized carbons (Fsp3) is 0.400. The summed E-state index contributed by atoms with van der Waals surface area (Å²) in [6.45, 7) is 13.0. The molecule has 1 aromatic rings. The lowest BCUT2D eigenvalue weighted by molar-refractivity contribution is -0.139. The average molecular weight is 710 g/mol. The van der Waals surface area contributed by atoms with Gasteiger partial charge >= 0.3 is 11.9 Å². The van der Waals surface area contributed by atoms with Gasteiger partial charge in [-0.3, -0.25) is 0 Å². The Hall–Kier alpha value is 0.260. The molecule has 0 N–H and O–H groups in total. The number of esters is 2. The quantitative estimate of drug-likeness (QED) is 0.0771. The third-order valence-corrected chi connectivity index (χ3v) is 9.31. The van der Waals surface area contributed by atoms with Crippen LogP contribution in [0.25, 0.3) is 0 Å². The van der Waals surface area contributed by atoms with Crippen molar-refractivity contribution in [1.82, 2.24) is 0 Å². The number of ether oxygens (including phenoxy) is 2. The summed E-state index contributed by atoms with van der Waals surface area (Å²) in [5.74, 6) is 0.408. The number of hydrogen-bond donors (Lipinski definition) is 0. The molecule has 0 aromatic heterocycles. The number of rotatable bonds is 11. The maximum absolute atomic E-state index is 11.6. The molecule has 0 heterocycles.